The van der Waals surface area contributed by atoms with Gasteiger partial charge in [0.15, 0.2) is 10.9 Å². The van der Waals surface area contributed by atoms with Gasteiger partial charge in [-0.2, -0.15) is 13.2 Å². The highest BCUT2D eigenvalue weighted by Gasteiger charge is 2.30. The van der Waals surface area contributed by atoms with Gasteiger partial charge in [0.2, 0.25) is 0 Å². The smallest absolute Gasteiger partial charge is 0.416 e. The second kappa shape index (κ2) is 8.78. The van der Waals surface area contributed by atoms with Crippen LogP contribution in [0.4, 0.5) is 24.5 Å². The highest BCUT2D eigenvalue weighted by molar-refractivity contribution is 7.92. The monoisotopic (exact) mass is 469 g/mol. The van der Waals surface area contributed by atoms with Crippen LogP contribution < -0.4 is 15.4 Å². The van der Waals surface area contributed by atoms with Crippen LogP contribution in [0.1, 0.15) is 16.1 Å². The van der Waals surface area contributed by atoms with E-state index in [9.17, 15) is 26.4 Å². The summed E-state index contributed by atoms with van der Waals surface area (Å²) in [5.74, 6) is -0.566. The van der Waals surface area contributed by atoms with Crippen molar-refractivity contribution in [1.29, 1.82) is 0 Å². The van der Waals surface area contributed by atoms with Gasteiger partial charge in [-0.15, -0.1) is 0 Å². The van der Waals surface area contributed by atoms with Gasteiger partial charge in [0.1, 0.15) is 0 Å². The second-order valence-corrected chi connectivity index (χ2v) is 8.19. The first-order chi connectivity index (χ1) is 14.5. The maximum Gasteiger partial charge on any atom is 0.416 e. The quantitative estimate of drug-likeness (QED) is 0.484. The van der Waals surface area contributed by atoms with Gasteiger partial charge in [-0.3, -0.25) is 14.8 Å². The van der Waals surface area contributed by atoms with Gasteiger partial charge in [0.05, 0.1) is 16.7 Å². The largest absolute Gasteiger partial charge is 0.459 e. The van der Waals surface area contributed by atoms with Gasteiger partial charge in [0, 0.05) is 11.4 Å². The fourth-order valence-corrected chi connectivity index (χ4v) is 3.75. The first-order valence-electron chi connectivity index (χ1n) is 8.50. The molecule has 0 atom stereocenters. The molecule has 12 heteroatoms. The number of nitrogens with one attached hydrogen (secondary N) is 3. The maximum atomic E-state index is 12.8. The number of rotatable bonds is 5. The zero-order valence-electron chi connectivity index (χ0n) is 15.4. The molecule has 0 radical (unpaired) electrons. The lowest BCUT2D eigenvalue weighted by Gasteiger charge is -2.13. The molecule has 7 nitrogen and oxygen atoms in total. The van der Waals surface area contributed by atoms with Gasteiger partial charge < -0.3 is 9.73 Å². The summed E-state index contributed by atoms with van der Waals surface area (Å²) in [7, 11) is -4.20. The molecule has 0 aliphatic rings. The number of hydrogen-bond donors (Lipinski definition) is 3. The summed E-state index contributed by atoms with van der Waals surface area (Å²) < 4.78 is 70.8. The lowest BCUT2D eigenvalue weighted by atomic mass is 10.2. The molecule has 3 N–H and O–H groups in total. The number of benzene rings is 2. The minimum Gasteiger partial charge on any atom is -0.459 e. The van der Waals surface area contributed by atoms with Crippen molar-refractivity contribution < 1.29 is 30.8 Å². The van der Waals surface area contributed by atoms with Crippen molar-refractivity contribution in [1.82, 2.24) is 5.32 Å². The Balaban J connectivity index is 1.73. The van der Waals surface area contributed by atoms with Crippen molar-refractivity contribution in [3.05, 3.63) is 78.3 Å². The van der Waals surface area contributed by atoms with E-state index in [-0.39, 0.29) is 27.1 Å². The van der Waals surface area contributed by atoms with Crippen molar-refractivity contribution in [2.45, 2.75) is 11.1 Å². The van der Waals surface area contributed by atoms with Crippen LogP contribution in [-0.2, 0) is 16.2 Å². The maximum absolute atomic E-state index is 12.8. The second-order valence-electron chi connectivity index (χ2n) is 6.10. The fourth-order valence-electron chi connectivity index (χ4n) is 2.45. The number of anilines is 2. The first kappa shape index (κ1) is 22.3. The Morgan fingerprint density at radius 3 is 2.35 bits per heavy atom. The number of hydrogen-bond acceptors (Lipinski definition) is 5. The summed E-state index contributed by atoms with van der Waals surface area (Å²) in [6.45, 7) is 0. The number of amides is 1. The van der Waals surface area contributed by atoms with Gasteiger partial charge in [-0.1, -0.05) is 12.1 Å². The Hall–Kier alpha value is -3.38. The van der Waals surface area contributed by atoms with Crippen LogP contribution in [-0.4, -0.2) is 19.4 Å². The van der Waals surface area contributed by atoms with Crippen LogP contribution in [0, 0.1) is 0 Å². The zero-order valence-corrected chi connectivity index (χ0v) is 17.1. The number of thiocarbonyl (C=S) groups is 1. The van der Waals surface area contributed by atoms with E-state index in [1.165, 1.54) is 48.7 Å². The van der Waals surface area contributed by atoms with E-state index in [0.29, 0.717) is 6.07 Å². The molecular weight excluding hydrogens is 455 g/mol. The van der Waals surface area contributed by atoms with Gasteiger partial charge in [-0.25, -0.2) is 8.42 Å². The third-order valence-electron chi connectivity index (χ3n) is 3.82. The molecule has 3 aromatic rings. The average Bonchev–Trinajstić information content (AvgIpc) is 3.22. The molecule has 0 aliphatic carbocycles. The predicted molar refractivity (Wildman–Crippen MR) is 111 cm³/mol. The minimum atomic E-state index is -4.61. The van der Waals surface area contributed by atoms with Crippen LogP contribution in [0.25, 0.3) is 0 Å². The number of furan rings is 1. The Morgan fingerprint density at radius 2 is 1.68 bits per heavy atom. The minimum absolute atomic E-state index is 0.0331. The number of alkyl halides is 3. The van der Waals surface area contributed by atoms with E-state index in [0.717, 1.165) is 12.1 Å². The lowest BCUT2D eigenvalue weighted by Crippen LogP contribution is -2.33. The van der Waals surface area contributed by atoms with Crippen molar-refractivity contribution in [2.75, 3.05) is 10.0 Å². The number of halogens is 3. The molecule has 3 rings (SSSR count). The molecule has 0 aliphatic heterocycles. The van der Waals surface area contributed by atoms with E-state index in [4.69, 9.17) is 16.6 Å². The summed E-state index contributed by atoms with van der Waals surface area (Å²) in [6, 6.07) is 12.1. The van der Waals surface area contributed by atoms with E-state index < -0.39 is 27.7 Å². The Kier molecular flexibility index (Phi) is 6.32. The molecule has 0 spiro atoms. The van der Waals surface area contributed by atoms with Crippen LogP contribution in [0.15, 0.2) is 76.2 Å². The molecule has 0 fully saturated rings. The summed E-state index contributed by atoms with van der Waals surface area (Å²) in [5, 5.41) is 4.91. The van der Waals surface area contributed by atoms with E-state index in [1.807, 2.05) is 0 Å². The number of carbonyl (C=O) groups is 1. The van der Waals surface area contributed by atoms with Crippen LogP contribution in [0.5, 0.6) is 0 Å². The van der Waals surface area contributed by atoms with Crippen LogP contribution >= 0.6 is 12.2 Å². The highest BCUT2D eigenvalue weighted by atomic mass is 32.2. The zero-order chi connectivity index (χ0) is 22.6. The van der Waals surface area contributed by atoms with Crippen LogP contribution in [0.3, 0.4) is 0 Å². The molecule has 0 unspecified atom stereocenters. The molecule has 31 heavy (non-hydrogen) atoms. The van der Waals surface area contributed by atoms with Crippen molar-refractivity contribution in [3.8, 4) is 0 Å². The van der Waals surface area contributed by atoms with E-state index in [2.05, 4.69) is 15.4 Å². The van der Waals surface area contributed by atoms with Gasteiger partial charge in [-0.05, 0) is 60.7 Å². The molecule has 0 saturated heterocycles. The van der Waals surface area contributed by atoms with Gasteiger partial charge >= 0.3 is 6.18 Å². The summed E-state index contributed by atoms with van der Waals surface area (Å²) in [4.78, 5) is 11.7. The van der Waals surface area contributed by atoms with E-state index >= 15 is 0 Å². The summed E-state index contributed by atoms with van der Waals surface area (Å²) in [5.41, 5.74) is -0.994. The van der Waals surface area contributed by atoms with Crippen molar-refractivity contribution in [2.24, 2.45) is 0 Å². The molecule has 1 aromatic heterocycles. The molecule has 0 bridgehead atoms. The first-order valence-corrected chi connectivity index (χ1v) is 10.4. The Bertz CT molecular complexity index is 1210. The third kappa shape index (κ3) is 5.83. The van der Waals surface area contributed by atoms with Crippen molar-refractivity contribution >= 4 is 44.6 Å². The topological polar surface area (TPSA) is 100 Å². The number of sulfonamides is 1. The molecule has 1 amide bonds. The normalized spacial score (nSPS) is 11.6. The summed E-state index contributed by atoms with van der Waals surface area (Å²) in [6.07, 6.45) is -3.29. The molecule has 162 valence electrons. The molecule has 1 heterocycles. The lowest BCUT2D eigenvalue weighted by molar-refractivity contribution is -0.137. The van der Waals surface area contributed by atoms with Gasteiger partial charge in [0.25, 0.3) is 15.9 Å². The standard InChI is InChI=1S/C19H14F3N3O4S2/c20-19(21,22)12-4-1-6-14(10-12)25-31(27,28)15-7-2-5-13(11-15)23-18(30)24-17(26)16-8-3-9-29-16/h1-11,25H,(H2,23,24,26,30). The highest BCUT2D eigenvalue weighted by Crippen LogP contribution is 2.31. The Morgan fingerprint density at radius 1 is 0.968 bits per heavy atom. The SMILES string of the molecule is O=C(NC(=S)Nc1cccc(S(=O)(=O)Nc2cccc(C(F)(F)F)c2)c1)c1ccco1. The Labute approximate surface area is 180 Å². The fraction of sp³-hybridized carbons (Fsp3) is 0.0526. The van der Waals surface area contributed by atoms with Crippen molar-refractivity contribution in [3.63, 3.8) is 0 Å². The van der Waals surface area contributed by atoms with Crippen LogP contribution in [0.2, 0.25) is 0 Å². The predicted octanol–water partition coefficient (Wildman–Crippen LogP) is 4.23. The average molecular weight is 469 g/mol. The number of carbonyl (C=O) groups excluding carboxylic acids is 1. The molecule has 0 saturated carbocycles. The molecular formula is C19H14F3N3O4S2. The van der Waals surface area contributed by atoms with E-state index in [1.54, 1.807) is 0 Å². The third-order valence-corrected chi connectivity index (χ3v) is 5.40. The molecule has 2 aromatic carbocycles. The summed E-state index contributed by atoms with van der Waals surface area (Å²) >= 11 is 5.02.